The molecule has 0 amide bonds. The van der Waals surface area contributed by atoms with Crippen molar-refractivity contribution in [3.8, 4) is 0 Å². The van der Waals surface area contributed by atoms with Gasteiger partial charge in [0, 0.05) is 83.6 Å². The van der Waals surface area contributed by atoms with Gasteiger partial charge in [0.2, 0.25) is 6.71 Å². The van der Waals surface area contributed by atoms with Crippen LogP contribution in [0.1, 0.15) is 105 Å². The zero-order valence-electron chi connectivity index (χ0n) is 60.7. The molecule has 3 heterocycles. The van der Waals surface area contributed by atoms with E-state index in [1.165, 1.54) is 44.1 Å². The summed E-state index contributed by atoms with van der Waals surface area (Å²) >= 11 is 0. The Hall–Kier alpha value is -10.3. The Morgan fingerprint density at radius 1 is 0.284 bits per heavy atom. The van der Waals surface area contributed by atoms with Crippen molar-refractivity contribution >= 4 is 132 Å². The van der Waals surface area contributed by atoms with E-state index in [0.717, 1.165) is 96.2 Å². The van der Waals surface area contributed by atoms with Crippen LogP contribution < -0.4 is 57.3 Å². The molecule has 0 radical (unpaired) electrons. The Morgan fingerprint density at radius 2 is 0.627 bits per heavy atom. The summed E-state index contributed by atoms with van der Waals surface area (Å²) in [7, 11) is 0. The van der Waals surface area contributed by atoms with Crippen LogP contribution in [0.15, 0.2) is 303 Å². The fraction of sp³-hybridized carbons (Fsp3) is 0.170. The summed E-state index contributed by atoms with van der Waals surface area (Å²) in [5.41, 5.74) is 28.7. The molecule has 3 aliphatic rings. The molecule has 13 aromatic rings. The van der Waals surface area contributed by atoms with Gasteiger partial charge in [-0.3, -0.25) is 0 Å². The van der Waals surface area contributed by atoms with E-state index in [1.54, 1.807) is 0 Å². The molecule has 0 aromatic heterocycles. The van der Waals surface area contributed by atoms with Crippen LogP contribution in [0.5, 0.6) is 0 Å². The molecule has 0 spiro atoms. The number of hydrogen-bond donors (Lipinski definition) is 0. The van der Waals surface area contributed by atoms with Crippen LogP contribution in [-0.2, 0) is 42.7 Å². The predicted molar refractivity (Wildman–Crippen MR) is 433 cm³/mol. The van der Waals surface area contributed by atoms with Gasteiger partial charge in [-0.2, -0.15) is 83.1 Å². The number of hydrogen-bond acceptors (Lipinski definition) is 5. The van der Waals surface area contributed by atoms with Crippen molar-refractivity contribution in [1.29, 1.82) is 0 Å². The topological polar surface area (TPSA) is 16.2 Å². The minimum absolute atomic E-state index is 0. The Labute approximate surface area is 621 Å². The van der Waals surface area contributed by atoms with Crippen molar-refractivity contribution in [2.24, 2.45) is 0 Å². The van der Waals surface area contributed by atoms with Gasteiger partial charge < -0.3 is 24.5 Å². The van der Waals surface area contributed by atoms with Crippen LogP contribution >= 0.6 is 0 Å². The number of fused-ring (bicyclic) bond motifs is 6. The van der Waals surface area contributed by atoms with Gasteiger partial charge in [-0.05, 0) is 164 Å². The van der Waals surface area contributed by atoms with Gasteiger partial charge in [0.15, 0.2) is 6.71 Å². The Bertz CT molecular complexity index is 4940. The number of anilines is 15. The molecule has 5 nitrogen and oxygen atoms in total. The summed E-state index contributed by atoms with van der Waals surface area (Å²) < 4.78 is 0. The van der Waals surface area contributed by atoms with Crippen LogP contribution in [-0.4, -0.2) is 13.4 Å². The van der Waals surface area contributed by atoms with Gasteiger partial charge in [-0.15, -0.1) is 6.07 Å². The van der Waals surface area contributed by atoms with Crippen molar-refractivity contribution in [2.45, 2.75) is 105 Å². The van der Waals surface area contributed by atoms with Gasteiger partial charge in [0.25, 0.3) is 0 Å². The second kappa shape index (κ2) is 27.6. The standard InChI is InChI=1S/C88H81B2N5.C6H5.W/c1-85(2,3)60-36-45-68(46-37-60)91(69-47-38-61(39-48-69)86(4,5)6)72-53-54-76-81(57-72)93(65-26-16-13-17-27-65)78-34-24-22-32-74(78)89(76)64-44-55-80-77(56-64)90-75-33-23-25-35-79(75)94(66-28-18-14-19-29-66)82-58-73(59-83(84(82)90)95(80)67-30-20-15-21-31-67)92(70-49-40-62(41-50-70)87(7,8)9)71-51-42-63(43-52-71)88(10,11)12;1-2-4-6-5-3-1;/h13-43,45-53,55-59H,1-12H3;1-5H;/q-2;-1;. The van der Waals surface area contributed by atoms with Crippen molar-refractivity contribution in [3.05, 3.63) is 344 Å². The molecule has 0 unspecified atom stereocenters. The van der Waals surface area contributed by atoms with Crippen molar-refractivity contribution in [1.82, 2.24) is 0 Å². The molecule has 0 saturated carbocycles. The van der Waals surface area contributed by atoms with Gasteiger partial charge in [0.05, 0.1) is 5.69 Å². The molecule has 0 atom stereocenters. The monoisotopic (exact) mass is 1490 g/mol. The number of nitrogens with zero attached hydrogens (tertiary/aromatic N) is 5. The van der Waals surface area contributed by atoms with Crippen LogP contribution in [0.25, 0.3) is 0 Å². The third-order valence-corrected chi connectivity index (χ3v) is 20.3. The molecule has 0 fully saturated rings. The van der Waals surface area contributed by atoms with Crippen molar-refractivity contribution < 1.29 is 21.1 Å². The predicted octanol–water partition coefficient (Wildman–Crippen LogP) is 21.3. The largest absolute Gasteiger partial charge is 0.366 e. The molecular weight excluding hydrogens is 1400 g/mol. The summed E-state index contributed by atoms with van der Waals surface area (Å²) in [6, 6.07) is 123. The Morgan fingerprint density at radius 3 is 1.01 bits per heavy atom. The fourth-order valence-electron chi connectivity index (χ4n) is 15.0. The minimum Gasteiger partial charge on any atom is -0.366 e. The summed E-state index contributed by atoms with van der Waals surface area (Å²) in [5, 5.41) is 0. The molecule has 3 aliphatic heterocycles. The maximum atomic E-state index is 4.11. The molecule has 13 aromatic carbocycles. The summed E-state index contributed by atoms with van der Waals surface area (Å²) in [5.74, 6) is 0. The minimum atomic E-state index is -0.234. The average molecular weight is 1490 g/mol. The van der Waals surface area contributed by atoms with Crippen LogP contribution in [0.2, 0.25) is 0 Å². The van der Waals surface area contributed by atoms with Gasteiger partial charge in [0.1, 0.15) is 0 Å². The SMILES string of the molecule is CC(C)(C)c1ccc(N(c2ccc(C(C)(C)C)cc2)c2c[c-]c3c(c2)N(c2ccccc2)c2ccccc2B3c2[c-]cc3c(c2)B2c4ccccc4N(c4ccccc4)c4cc(N(c5ccc(C(C)(C)C)cc5)c5ccc(C(C)(C)C)cc5)cc(c42)N3c2ccccc2)cc1.[W].[c-]1ccccc1. The number of benzene rings is 13. The molecule has 0 saturated heterocycles. The van der Waals surface area contributed by atoms with Crippen LogP contribution in [0.3, 0.4) is 0 Å². The van der Waals surface area contributed by atoms with E-state index in [1.807, 2.05) is 30.3 Å². The van der Waals surface area contributed by atoms with E-state index < -0.39 is 0 Å². The normalized spacial score (nSPS) is 12.9. The van der Waals surface area contributed by atoms with E-state index in [2.05, 4.69) is 399 Å². The molecular formula is C94H86B2N5W-3. The third kappa shape index (κ3) is 13.1. The summed E-state index contributed by atoms with van der Waals surface area (Å²) in [6.45, 7) is 27.0. The molecule has 102 heavy (non-hydrogen) atoms. The summed E-state index contributed by atoms with van der Waals surface area (Å²) in [6.07, 6.45) is 0. The molecule has 16 rings (SSSR count). The smallest absolute Gasteiger partial charge is 0.227 e. The van der Waals surface area contributed by atoms with E-state index in [-0.39, 0.29) is 56.2 Å². The van der Waals surface area contributed by atoms with E-state index in [0.29, 0.717) is 0 Å². The number of para-hydroxylation sites is 5. The Kier molecular flexibility index (Phi) is 18.6. The maximum Gasteiger partial charge on any atom is 0.227 e. The van der Waals surface area contributed by atoms with Crippen LogP contribution in [0, 0.1) is 18.2 Å². The maximum absolute atomic E-state index is 4.11. The zero-order valence-corrected chi connectivity index (χ0v) is 63.6. The van der Waals surface area contributed by atoms with E-state index in [4.69, 9.17) is 0 Å². The first kappa shape index (κ1) is 68.8. The first-order valence-electron chi connectivity index (χ1n) is 35.6. The average Bonchev–Trinajstić information content (AvgIpc) is 0.696. The molecule has 0 N–H and O–H groups in total. The summed E-state index contributed by atoms with van der Waals surface area (Å²) in [4.78, 5) is 12.4. The second-order valence-electron chi connectivity index (χ2n) is 31.2. The quantitative estimate of drug-likeness (QED) is 0.0999. The van der Waals surface area contributed by atoms with Crippen LogP contribution in [0.4, 0.5) is 85.3 Å². The molecule has 0 aliphatic carbocycles. The van der Waals surface area contributed by atoms with E-state index in [9.17, 15) is 0 Å². The zero-order chi connectivity index (χ0) is 70.0. The first-order valence-corrected chi connectivity index (χ1v) is 35.6. The third-order valence-electron chi connectivity index (χ3n) is 20.3. The molecule has 8 heteroatoms. The van der Waals surface area contributed by atoms with E-state index >= 15 is 0 Å². The second-order valence-corrected chi connectivity index (χ2v) is 31.2. The van der Waals surface area contributed by atoms with Gasteiger partial charge in [-0.25, -0.2) is 0 Å². The van der Waals surface area contributed by atoms with Crippen molar-refractivity contribution in [2.75, 3.05) is 24.5 Å². The van der Waals surface area contributed by atoms with Gasteiger partial charge in [-0.1, -0.05) is 245 Å². The first-order chi connectivity index (χ1) is 48.7. The fourth-order valence-corrected chi connectivity index (χ4v) is 15.0. The van der Waals surface area contributed by atoms with Gasteiger partial charge >= 0.3 is 0 Å². The molecule has 502 valence electrons. The molecule has 0 bridgehead atoms. The number of rotatable bonds is 10. The van der Waals surface area contributed by atoms with Crippen molar-refractivity contribution in [3.63, 3.8) is 0 Å². The Balaban J connectivity index is 0.00000120.